The molecule has 0 unspecified atom stereocenters. The predicted molar refractivity (Wildman–Crippen MR) is 111 cm³/mol. The van der Waals surface area contributed by atoms with Crippen LogP contribution in [0.25, 0.3) is 5.00 Å². The van der Waals surface area contributed by atoms with Crippen molar-refractivity contribution in [3.05, 3.63) is 40.5 Å². The van der Waals surface area contributed by atoms with Crippen LogP contribution in [0.3, 0.4) is 0 Å². The number of nitrogens with one attached hydrogen (secondary N) is 2. The standard InChI is InChI=1S/C21H27N3O4S/c1-3-10-22-19(26)14(2)23-17(25)13-28-21(27)18-15-8-4-5-9-16(15)29-20(18)24-11-6-7-12-24/h6-7,11-12,14H,3-5,8-10,13H2,1-2H3,(H,22,26)(H,23,25)/t14-/m0/s1. The maximum absolute atomic E-state index is 12.9. The average molecular weight is 418 g/mol. The second-order valence-electron chi connectivity index (χ2n) is 7.14. The number of esters is 1. The quantitative estimate of drug-likeness (QED) is 0.646. The minimum atomic E-state index is -0.683. The molecule has 3 rings (SSSR count). The Morgan fingerprint density at radius 1 is 1.21 bits per heavy atom. The molecular weight excluding hydrogens is 390 g/mol. The van der Waals surface area contributed by atoms with Gasteiger partial charge in [-0.3, -0.25) is 9.59 Å². The number of aromatic nitrogens is 1. The van der Waals surface area contributed by atoms with E-state index in [1.54, 1.807) is 18.3 Å². The van der Waals surface area contributed by atoms with Crippen LogP contribution in [0, 0.1) is 0 Å². The molecule has 2 amide bonds. The van der Waals surface area contributed by atoms with E-state index in [0.29, 0.717) is 12.1 Å². The summed E-state index contributed by atoms with van der Waals surface area (Å²) in [4.78, 5) is 38.1. The van der Waals surface area contributed by atoms with E-state index in [-0.39, 0.29) is 5.91 Å². The van der Waals surface area contributed by atoms with Crippen molar-refractivity contribution in [1.82, 2.24) is 15.2 Å². The lowest BCUT2D eigenvalue weighted by atomic mass is 9.95. The highest BCUT2D eigenvalue weighted by atomic mass is 32.1. The third-order valence-corrected chi connectivity index (χ3v) is 6.16. The lowest BCUT2D eigenvalue weighted by Crippen LogP contribution is -2.46. The summed E-state index contributed by atoms with van der Waals surface area (Å²) in [5.74, 6) is -1.25. The van der Waals surface area contributed by atoms with Crippen LogP contribution in [-0.4, -0.2) is 41.5 Å². The van der Waals surface area contributed by atoms with E-state index in [2.05, 4.69) is 10.6 Å². The van der Waals surface area contributed by atoms with Crippen LogP contribution in [-0.2, 0) is 27.2 Å². The normalized spacial score (nSPS) is 14.0. The van der Waals surface area contributed by atoms with Gasteiger partial charge in [-0.05, 0) is 56.7 Å². The van der Waals surface area contributed by atoms with Gasteiger partial charge in [-0.2, -0.15) is 0 Å². The zero-order chi connectivity index (χ0) is 20.8. The van der Waals surface area contributed by atoms with Crippen LogP contribution >= 0.6 is 11.3 Å². The van der Waals surface area contributed by atoms with E-state index in [1.165, 1.54) is 4.88 Å². The first-order valence-corrected chi connectivity index (χ1v) is 10.8. The Morgan fingerprint density at radius 2 is 1.93 bits per heavy atom. The number of carbonyl (C=O) groups is 3. The molecule has 0 radical (unpaired) electrons. The maximum Gasteiger partial charge on any atom is 0.341 e. The molecule has 1 aliphatic carbocycles. The summed E-state index contributed by atoms with van der Waals surface area (Å²) in [7, 11) is 0. The molecule has 2 heterocycles. The molecule has 29 heavy (non-hydrogen) atoms. The fourth-order valence-electron chi connectivity index (χ4n) is 3.37. The van der Waals surface area contributed by atoms with Crippen molar-refractivity contribution >= 4 is 29.1 Å². The van der Waals surface area contributed by atoms with Crippen molar-refractivity contribution in [3.63, 3.8) is 0 Å². The smallest absolute Gasteiger partial charge is 0.341 e. The molecule has 2 aromatic heterocycles. The van der Waals surface area contributed by atoms with E-state index in [9.17, 15) is 14.4 Å². The highest BCUT2D eigenvalue weighted by Crippen LogP contribution is 2.37. The number of carbonyl (C=O) groups excluding carboxylic acids is 3. The van der Waals surface area contributed by atoms with Gasteiger partial charge in [0.05, 0.1) is 5.56 Å². The number of amides is 2. The van der Waals surface area contributed by atoms with Gasteiger partial charge in [0.2, 0.25) is 5.91 Å². The van der Waals surface area contributed by atoms with Gasteiger partial charge in [-0.15, -0.1) is 11.3 Å². The molecule has 7 nitrogen and oxygen atoms in total. The molecule has 156 valence electrons. The lowest BCUT2D eigenvalue weighted by Gasteiger charge is -2.15. The Kier molecular flexibility index (Phi) is 7.09. The third kappa shape index (κ3) is 5.06. The zero-order valence-corrected chi connectivity index (χ0v) is 17.6. The maximum atomic E-state index is 12.9. The molecule has 0 saturated carbocycles. The van der Waals surface area contributed by atoms with Gasteiger partial charge in [0.15, 0.2) is 6.61 Å². The fraction of sp³-hybridized carbons (Fsp3) is 0.476. The van der Waals surface area contributed by atoms with E-state index >= 15 is 0 Å². The lowest BCUT2D eigenvalue weighted by molar-refractivity contribution is -0.130. The topological polar surface area (TPSA) is 89.4 Å². The number of aryl methyl sites for hydroxylation is 1. The summed E-state index contributed by atoms with van der Waals surface area (Å²) in [6, 6.07) is 3.13. The largest absolute Gasteiger partial charge is 0.452 e. The monoisotopic (exact) mass is 417 g/mol. The number of rotatable bonds is 8. The number of nitrogens with zero attached hydrogens (tertiary/aromatic N) is 1. The Labute approximate surface area is 174 Å². The molecule has 1 atom stereocenters. The molecular formula is C21H27N3O4S. The van der Waals surface area contributed by atoms with Crippen LogP contribution in [0.2, 0.25) is 0 Å². The van der Waals surface area contributed by atoms with E-state index in [1.807, 2.05) is 36.0 Å². The molecule has 0 fully saturated rings. The first kappa shape index (κ1) is 21.1. The van der Waals surface area contributed by atoms with Crippen LogP contribution in [0.1, 0.15) is 53.9 Å². The fourth-order valence-corrected chi connectivity index (χ4v) is 4.71. The molecule has 0 aromatic carbocycles. The number of hydrogen-bond donors (Lipinski definition) is 2. The molecule has 0 saturated heterocycles. The van der Waals surface area contributed by atoms with Gasteiger partial charge in [0.25, 0.3) is 5.91 Å². The van der Waals surface area contributed by atoms with Crippen LogP contribution in [0.4, 0.5) is 0 Å². The number of thiophene rings is 1. The SMILES string of the molecule is CCCNC(=O)[C@H](C)NC(=O)COC(=O)c1c(-n2cccc2)sc2c1CCCC2. The van der Waals surface area contributed by atoms with E-state index in [4.69, 9.17) is 4.74 Å². The first-order chi connectivity index (χ1) is 14.0. The summed E-state index contributed by atoms with van der Waals surface area (Å²) in [5, 5.41) is 6.12. The Hall–Kier alpha value is -2.61. The highest BCUT2D eigenvalue weighted by molar-refractivity contribution is 7.15. The molecule has 8 heteroatoms. The Balaban J connectivity index is 1.66. The third-order valence-electron chi connectivity index (χ3n) is 4.85. The van der Waals surface area contributed by atoms with Gasteiger partial charge in [-0.1, -0.05) is 6.92 Å². The van der Waals surface area contributed by atoms with Gasteiger partial charge in [0, 0.05) is 23.8 Å². The summed E-state index contributed by atoms with van der Waals surface area (Å²) >= 11 is 1.61. The summed E-state index contributed by atoms with van der Waals surface area (Å²) in [6.45, 7) is 3.69. The Morgan fingerprint density at radius 3 is 2.66 bits per heavy atom. The molecule has 0 bridgehead atoms. The van der Waals surface area contributed by atoms with Crippen molar-refractivity contribution in [3.8, 4) is 5.00 Å². The van der Waals surface area contributed by atoms with Crippen molar-refractivity contribution in [2.24, 2.45) is 0 Å². The molecule has 0 aliphatic heterocycles. The summed E-state index contributed by atoms with van der Waals surface area (Å²) in [6.07, 6.45) is 8.59. The number of fused-ring (bicyclic) bond motifs is 1. The summed E-state index contributed by atoms with van der Waals surface area (Å²) < 4.78 is 7.24. The molecule has 2 N–H and O–H groups in total. The predicted octanol–water partition coefficient (Wildman–Crippen LogP) is 2.61. The van der Waals surface area contributed by atoms with Crippen molar-refractivity contribution in [1.29, 1.82) is 0 Å². The Bertz CT molecular complexity index is 873. The first-order valence-electron chi connectivity index (χ1n) is 10.0. The van der Waals surface area contributed by atoms with E-state index < -0.39 is 24.5 Å². The highest BCUT2D eigenvalue weighted by Gasteiger charge is 2.27. The molecule has 0 spiro atoms. The van der Waals surface area contributed by atoms with Gasteiger partial charge in [0.1, 0.15) is 11.0 Å². The van der Waals surface area contributed by atoms with E-state index in [0.717, 1.165) is 42.7 Å². The van der Waals surface area contributed by atoms with Gasteiger partial charge >= 0.3 is 5.97 Å². The van der Waals surface area contributed by atoms with Crippen molar-refractivity contribution < 1.29 is 19.1 Å². The van der Waals surface area contributed by atoms with Crippen molar-refractivity contribution in [2.75, 3.05) is 13.2 Å². The minimum Gasteiger partial charge on any atom is -0.452 e. The minimum absolute atomic E-state index is 0.256. The summed E-state index contributed by atoms with van der Waals surface area (Å²) in [5.41, 5.74) is 1.60. The number of ether oxygens (including phenoxy) is 1. The molecule has 2 aromatic rings. The zero-order valence-electron chi connectivity index (χ0n) is 16.8. The number of hydrogen-bond acceptors (Lipinski definition) is 5. The molecule has 1 aliphatic rings. The van der Waals surface area contributed by atoms with Crippen LogP contribution < -0.4 is 10.6 Å². The van der Waals surface area contributed by atoms with Gasteiger partial charge < -0.3 is 19.9 Å². The second-order valence-corrected chi connectivity index (χ2v) is 8.22. The average Bonchev–Trinajstić information content (AvgIpc) is 3.37. The van der Waals surface area contributed by atoms with Crippen LogP contribution in [0.5, 0.6) is 0 Å². The van der Waals surface area contributed by atoms with Gasteiger partial charge in [-0.25, -0.2) is 4.79 Å². The van der Waals surface area contributed by atoms with Crippen molar-refractivity contribution in [2.45, 2.75) is 52.0 Å². The second kappa shape index (κ2) is 9.73. The van der Waals surface area contributed by atoms with Crippen LogP contribution in [0.15, 0.2) is 24.5 Å².